The Morgan fingerprint density at radius 1 is 1.06 bits per heavy atom. The molecule has 3 N–H and O–H groups in total. The lowest BCUT2D eigenvalue weighted by Crippen LogP contribution is -2.18. The summed E-state index contributed by atoms with van der Waals surface area (Å²) in [6.45, 7) is 5.62. The second-order valence-corrected chi connectivity index (χ2v) is 8.01. The standard InChI is InChI=1S/C24H24N4O2S/c1-15-16(2)22(23(25)30)24(27-17(15)3)31-14-21(29)28-20-9-6-7-18(13-20)10-11-19-8-4-5-12-26-19/h4-13H,14H2,1-3H3,(H2,25,30)(H,28,29). The summed E-state index contributed by atoms with van der Waals surface area (Å²) in [5.41, 5.74) is 11.0. The van der Waals surface area contributed by atoms with Gasteiger partial charge in [0.05, 0.1) is 17.0 Å². The fourth-order valence-electron chi connectivity index (χ4n) is 3.01. The first kappa shape index (κ1) is 22.2. The van der Waals surface area contributed by atoms with E-state index in [0.29, 0.717) is 16.3 Å². The van der Waals surface area contributed by atoms with Gasteiger partial charge in [-0.2, -0.15) is 0 Å². The molecule has 0 unspecified atom stereocenters. The fourth-order valence-corrected chi connectivity index (χ4v) is 3.95. The maximum absolute atomic E-state index is 12.5. The van der Waals surface area contributed by atoms with E-state index in [1.54, 1.807) is 6.20 Å². The number of pyridine rings is 2. The zero-order valence-corrected chi connectivity index (χ0v) is 18.5. The van der Waals surface area contributed by atoms with Crippen LogP contribution in [0.1, 0.15) is 38.4 Å². The second kappa shape index (κ2) is 10.0. The fraction of sp³-hybridized carbons (Fsp3) is 0.167. The molecular weight excluding hydrogens is 408 g/mol. The Bertz CT molecular complexity index is 1140. The van der Waals surface area contributed by atoms with E-state index in [0.717, 1.165) is 28.1 Å². The van der Waals surface area contributed by atoms with Crippen LogP contribution in [0.5, 0.6) is 0 Å². The summed E-state index contributed by atoms with van der Waals surface area (Å²) in [7, 11) is 0. The predicted molar refractivity (Wildman–Crippen MR) is 126 cm³/mol. The van der Waals surface area contributed by atoms with E-state index >= 15 is 0 Å². The summed E-state index contributed by atoms with van der Waals surface area (Å²) in [4.78, 5) is 33.1. The number of carbonyl (C=O) groups excluding carboxylic acids is 2. The van der Waals surface area contributed by atoms with Gasteiger partial charge in [-0.25, -0.2) is 4.98 Å². The summed E-state index contributed by atoms with van der Waals surface area (Å²) in [6.07, 6.45) is 5.59. The minimum absolute atomic E-state index is 0.114. The molecular formula is C24H24N4O2S. The number of hydrogen-bond donors (Lipinski definition) is 2. The largest absolute Gasteiger partial charge is 0.366 e. The minimum Gasteiger partial charge on any atom is -0.366 e. The number of carbonyl (C=O) groups is 2. The van der Waals surface area contributed by atoms with Crippen LogP contribution in [0.25, 0.3) is 12.2 Å². The number of aromatic nitrogens is 2. The summed E-state index contributed by atoms with van der Waals surface area (Å²) >= 11 is 1.21. The monoisotopic (exact) mass is 432 g/mol. The Morgan fingerprint density at radius 2 is 1.87 bits per heavy atom. The number of benzene rings is 1. The number of primary amides is 1. The third kappa shape index (κ3) is 5.79. The van der Waals surface area contributed by atoms with Crippen molar-refractivity contribution >= 4 is 41.4 Å². The molecule has 0 aliphatic heterocycles. The first-order chi connectivity index (χ1) is 14.8. The van der Waals surface area contributed by atoms with Gasteiger partial charge >= 0.3 is 0 Å². The van der Waals surface area contributed by atoms with Crippen LogP contribution in [0.3, 0.4) is 0 Å². The van der Waals surface area contributed by atoms with Gasteiger partial charge < -0.3 is 11.1 Å². The Balaban J connectivity index is 1.67. The van der Waals surface area contributed by atoms with Gasteiger partial charge in [-0.1, -0.05) is 36.0 Å². The van der Waals surface area contributed by atoms with Crippen LogP contribution in [0, 0.1) is 20.8 Å². The molecule has 2 aromatic heterocycles. The van der Waals surface area contributed by atoms with Crippen molar-refractivity contribution in [3.63, 3.8) is 0 Å². The van der Waals surface area contributed by atoms with Crippen molar-refractivity contribution in [2.45, 2.75) is 25.8 Å². The minimum atomic E-state index is -0.539. The molecule has 6 nitrogen and oxygen atoms in total. The number of hydrogen-bond acceptors (Lipinski definition) is 5. The topological polar surface area (TPSA) is 98.0 Å². The number of nitrogens with two attached hydrogens (primary N) is 1. The second-order valence-electron chi connectivity index (χ2n) is 7.04. The highest BCUT2D eigenvalue weighted by molar-refractivity contribution is 8.00. The number of thioether (sulfide) groups is 1. The Kier molecular flexibility index (Phi) is 7.20. The van der Waals surface area contributed by atoms with Gasteiger partial charge in [0.15, 0.2) is 0 Å². The first-order valence-electron chi connectivity index (χ1n) is 9.74. The molecule has 158 valence electrons. The maximum Gasteiger partial charge on any atom is 0.251 e. The number of nitrogens with zero attached hydrogens (tertiary/aromatic N) is 2. The van der Waals surface area contributed by atoms with Crippen molar-refractivity contribution in [1.29, 1.82) is 0 Å². The number of anilines is 1. The van der Waals surface area contributed by atoms with E-state index in [1.807, 2.05) is 75.4 Å². The van der Waals surface area contributed by atoms with Crippen LogP contribution in [0.4, 0.5) is 5.69 Å². The van der Waals surface area contributed by atoms with Gasteiger partial charge in [0.25, 0.3) is 5.91 Å². The summed E-state index contributed by atoms with van der Waals surface area (Å²) < 4.78 is 0. The van der Waals surface area contributed by atoms with Crippen molar-refractivity contribution in [3.05, 3.63) is 82.3 Å². The van der Waals surface area contributed by atoms with Crippen molar-refractivity contribution < 1.29 is 9.59 Å². The van der Waals surface area contributed by atoms with Crippen LogP contribution in [0.2, 0.25) is 0 Å². The van der Waals surface area contributed by atoms with Gasteiger partial charge in [0, 0.05) is 17.6 Å². The summed E-state index contributed by atoms with van der Waals surface area (Å²) in [6, 6.07) is 13.2. The SMILES string of the molecule is Cc1nc(SCC(=O)Nc2cccc(C=Cc3ccccn3)c2)c(C(N)=O)c(C)c1C. The van der Waals surface area contributed by atoms with Gasteiger partial charge in [0.2, 0.25) is 5.91 Å². The van der Waals surface area contributed by atoms with Crippen molar-refractivity contribution in [2.75, 3.05) is 11.1 Å². The van der Waals surface area contributed by atoms with Gasteiger partial charge in [0.1, 0.15) is 5.03 Å². The Hall–Kier alpha value is -3.45. The van der Waals surface area contributed by atoms with E-state index < -0.39 is 5.91 Å². The molecule has 2 amide bonds. The lowest BCUT2D eigenvalue weighted by molar-refractivity contribution is -0.113. The van der Waals surface area contributed by atoms with E-state index in [-0.39, 0.29) is 11.7 Å². The lowest BCUT2D eigenvalue weighted by Gasteiger charge is -2.13. The molecule has 31 heavy (non-hydrogen) atoms. The first-order valence-corrected chi connectivity index (χ1v) is 10.7. The third-order valence-corrected chi connectivity index (χ3v) is 5.83. The molecule has 0 aliphatic rings. The normalized spacial score (nSPS) is 10.9. The molecule has 0 aliphatic carbocycles. The highest BCUT2D eigenvalue weighted by atomic mass is 32.2. The molecule has 2 heterocycles. The van der Waals surface area contributed by atoms with Crippen LogP contribution >= 0.6 is 11.8 Å². The highest BCUT2D eigenvalue weighted by Gasteiger charge is 2.18. The number of aryl methyl sites for hydroxylation is 1. The van der Waals surface area contributed by atoms with Crippen LogP contribution in [-0.4, -0.2) is 27.5 Å². The Labute approximate surface area is 186 Å². The number of rotatable bonds is 7. The molecule has 3 aromatic rings. The average molecular weight is 433 g/mol. The Morgan fingerprint density at radius 3 is 2.58 bits per heavy atom. The van der Waals surface area contributed by atoms with Gasteiger partial charge in [-0.15, -0.1) is 0 Å². The van der Waals surface area contributed by atoms with Crippen LogP contribution in [0.15, 0.2) is 53.7 Å². The van der Waals surface area contributed by atoms with E-state index in [9.17, 15) is 9.59 Å². The van der Waals surface area contributed by atoms with Crippen molar-refractivity contribution in [1.82, 2.24) is 9.97 Å². The van der Waals surface area contributed by atoms with Crippen LogP contribution in [-0.2, 0) is 4.79 Å². The highest BCUT2D eigenvalue weighted by Crippen LogP contribution is 2.27. The van der Waals surface area contributed by atoms with Crippen LogP contribution < -0.4 is 11.1 Å². The van der Waals surface area contributed by atoms with Crippen molar-refractivity contribution in [2.24, 2.45) is 5.73 Å². The molecule has 0 atom stereocenters. The number of amides is 2. The molecule has 3 rings (SSSR count). The molecule has 1 aromatic carbocycles. The predicted octanol–water partition coefficient (Wildman–Crippen LogP) is 4.40. The average Bonchev–Trinajstić information content (AvgIpc) is 2.75. The van der Waals surface area contributed by atoms with Gasteiger partial charge in [-0.05, 0) is 67.8 Å². The molecule has 0 radical (unpaired) electrons. The molecule has 0 fully saturated rings. The zero-order valence-electron chi connectivity index (χ0n) is 17.7. The molecule has 0 bridgehead atoms. The molecule has 0 saturated heterocycles. The molecule has 7 heteroatoms. The maximum atomic E-state index is 12.5. The molecule has 0 spiro atoms. The quantitative estimate of drug-likeness (QED) is 0.539. The lowest BCUT2D eigenvalue weighted by atomic mass is 10.0. The van der Waals surface area contributed by atoms with Crippen molar-refractivity contribution in [3.8, 4) is 0 Å². The summed E-state index contributed by atoms with van der Waals surface area (Å²) in [5, 5.41) is 3.37. The van der Waals surface area contributed by atoms with E-state index in [4.69, 9.17) is 5.73 Å². The third-order valence-electron chi connectivity index (χ3n) is 4.85. The smallest absolute Gasteiger partial charge is 0.251 e. The van der Waals surface area contributed by atoms with E-state index in [2.05, 4.69) is 15.3 Å². The number of nitrogens with one attached hydrogen (secondary N) is 1. The zero-order chi connectivity index (χ0) is 22.4. The summed E-state index contributed by atoms with van der Waals surface area (Å²) in [5.74, 6) is -0.615. The van der Waals surface area contributed by atoms with E-state index in [1.165, 1.54) is 11.8 Å². The molecule has 0 saturated carbocycles. The van der Waals surface area contributed by atoms with Gasteiger partial charge in [-0.3, -0.25) is 14.6 Å².